The van der Waals surface area contributed by atoms with Crippen LogP contribution in [0.1, 0.15) is 194 Å². The number of amides is 1. The van der Waals surface area contributed by atoms with Gasteiger partial charge in [0.05, 0.1) is 32.0 Å². The molecule has 0 radical (unpaired) electrons. The molecule has 1 amide bonds. The van der Waals surface area contributed by atoms with Gasteiger partial charge >= 0.3 is 0 Å². The molecule has 396 valence electrons. The van der Waals surface area contributed by atoms with Crippen molar-refractivity contribution in [1.82, 2.24) is 5.32 Å². The summed E-state index contributed by atoms with van der Waals surface area (Å²) in [6, 6.07) is -0.935. The molecule has 68 heavy (non-hydrogen) atoms. The number of rotatable bonds is 41. The van der Waals surface area contributed by atoms with Gasteiger partial charge in [-0.15, -0.1) is 0 Å². The zero-order valence-electron chi connectivity index (χ0n) is 42.1. The normalized spacial score (nSPS) is 26.7. The zero-order valence-corrected chi connectivity index (χ0v) is 42.1. The maximum Gasteiger partial charge on any atom is 0.220 e. The minimum atomic E-state index is -1.79. The van der Waals surface area contributed by atoms with Crippen molar-refractivity contribution in [3.63, 3.8) is 0 Å². The SMILES string of the molecule is CCCCCC/C=C\C/C=C\CCCCCCCCCC(=O)NC(COC1OC(CO)C(OC2OC(CO)C(O)C(O)C2O)C(O)C1O)C(O)/C=C/CC/C=C/CCCCCCCCCCCC. The highest BCUT2D eigenvalue weighted by atomic mass is 16.7. The molecular formula is C54H97NO13. The van der Waals surface area contributed by atoms with Crippen LogP contribution in [0.15, 0.2) is 48.6 Å². The molecule has 14 heteroatoms. The summed E-state index contributed by atoms with van der Waals surface area (Å²) >= 11 is 0. The Balaban J connectivity index is 1.85. The van der Waals surface area contributed by atoms with Crippen LogP contribution in [0.4, 0.5) is 0 Å². The number of unbranched alkanes of at least 4 members (excludes halogenated alkanes) is 22. The second-order valence-corrected chi connectivity index (χ2v) is 19.0. The van der Waals surface area contributed by atoms with Gasteiger partial charge in [-0.3, -0.25) is 4.79 Å². The lowest BCUT2D eigenvalue weighted by molar-refractivity contribution is -0.359. The van der Waals surface area contributed by atoms with Crippen LogP contribution in [0.3, 0.4) is 0 Å². The molecule has 2 heterocycles. The molecule has 0 aromatic heterocycles. The third-order valence-electron chi connectivity index (χ3n) is 13.0. The molecule has 0 aromatic rings. The van der Waals surface area contributed by atoms with E-state index in [-0.39, 0.29) is 18.9 Å². The first-order chi connectivity index (χ1) is 33.1. The fraction of sp³-hybridized carbons (Fsp3) is 0.833. The van der Waals surface area contributed by atoms with Crippen LogP contribution in [0, 0.1) is 0 Å². The largest absolute Gasteiger partial charge is 0.394 e. The highest BCUT2D eigenvalue weighted by Crippen LogP contribution is 2.30. The van der Waals surface area contributed by atoms with E-state index in [1.54, 1.807) is 6.08 Å². The minimum Gasteiger partial charge on any atom is -0.394 e. The first kappa shape index (κ1) is 62.1. The lowest BCUT2D eigenvalue weighted by Crippen LogP contribution is -2.65. The van der Waals surface area contributed by atoms with Crippen molar-refractivity contribution in [3.05, 3.63) is 48.6 Å². The average Bonchev–Trinajstić information content (AvgIpc) is 3.34. The molecule has 2 aliphatic rings. The van der Waals surface area contributed by atoms with Gasteiger partial charge in [0.2, 0.25) is 5.91 Å². The van der Waals surface area contributed by atoms with Crippen molar-refractivity contribution < 1.29 is 64.6 Å². The maximum atomic E-state index is 13.2. The Morgan fingerprint density at radius 3 is 1.54 bits per heavy atom. The van der Waals surface area contributed by atoms with Gasteiger partial charge in [-0.2, -0.15) is 0 Å². The van der Waals surface area contributed by atoms with Crippen LogP contribution in [-0.2, 0) is 23.7 Å². The molecule has 0 saturated carbocycles. The van der Waals surface area contributed by atoms with Crippen molar-refractivity contribution >= 4 is 5.91 Å². The first-order valence-electron chi connectivity index (χ1n) is 26.9. The van der Waals surface area contributed by atoms with E-state index >= 15 is 0 Å². The number of aliphatic hydroxyl groups is 8. The summed E-state index contributed by atoms with van der Waals surface area (Å²) in [5, 5.41) is 86.8. The smallest absolute Gasteiger partial charge is 0.220 e. The van der Waals surface area contributed by atoms with E-state index in [4.69, 9.17) is 18.9 Å². The second kappa shape index (κ2) is 40.5. The predicted octanol–water partition coefficient (Wildman–Crippen LogP) is 7.66. The van der Waals surface area contributed by atoms with Gasteiger partial charge in [0, 0.05) is 6.42 Å². The molecule has 2 fully saturated rings. The van der Waals surface area contributed by atoms with Crippen molar-refractivity contribution in [1.29, 1.82) is 0 Å². The number of nitrogens with one attached hydrogen (secondary N) is 1. The van der Waals surface area contributed by atoms with Gasteiger partial charge in [0.25, 0.3) is 0 Å². The van der Waals surface area contributed by atoms with E-state index < -0.39 is 86.8 Å². The van der Waals surface area contributed by atoms with E-state index in [1.165, 1.54) is 109 Å². The topological polar surface area (TPSA) is 228 Å². The van der Waals surface area contributed by atoms with Gasteiger partial charge in [-0.1, -0.05) is 172 Å². The van der Waals surface area contributed by atoms with Gasteiger partial charge in [-0.05, 0) is 64.2 Å². The lowest BCUT2D eigenvalue weighted by atomic mass is 9.97. The molecule has 14 nitrogen and oxygen atoms in total. The van der Waals surface area contributed by atoms with Gasteiger partial charge in [0.1, 0.15) is 48.8 Å². The van der Waals surface area contributed by atoms with Crippen LogP contribution in [-0.4, -0.2) is 140 Å². The highest BCUT2D eigenvalue weighted by Gasteiger charge is 2.51. The van der Waals surface area contributed by atoms with Crippen LogP contribution in [0.25, 0.3) is 0 Å². The maximum absolute atomic E-state index is 13.2. The molecule has 0 aliphatic carbocycles. The van der Waals surface area contributed by atoms with Gasteiger partial charge < -0.3 is 65.1 Å². The summed E-state index contributed by atoms with van der Waals surface area (Å²) in [6.45, 7) is 2.74. The Hall–Kier alpha value is -2.05. The summed E-state index contributed by atoms with van der Waals surface area (Å²) < 4.78 is 22.7. The van der Waals surface area contributed by atoms with E-state index in [1.807, 2.05) is 6.08 Å². The number of carbonyl (C=O) groups excluding carboxylic acids is 1. The molecule has 2 saturated heterocycles. The summed E-state index contributed by atoms with van der Waals surface area (Å²) in [6.07, 6.45) is 31.4. The third-order valence-corrected chi connectivity index (χ3v) is 13.0. The van der Waals surface area contributed by atoms with Crippen LogP contribution < -0.4 is 5.32 Å². The quantitative estimate of drug-likeness (QED) is 0.0212. The Kier molecular flexibility index (Phi) is 37.0. The Morgan fingerprint density at radius 2 is 0.985 bits per heavy atom. The monoisotopic (exact) mass is 968 g/mol. The van der Waals surface area contributed by atoms with E-state index in [2.05, 4.69) is 55.6 Å². The van der Waals surface area contributed by atoms with Crippen molar-refractivity contribution in [3.8, 4) is 0 Å². The molecule has 12 unspecified atom stereocenters. The van der Waals surface area contributed by atoms with E-state index in [9.17, 15) is 45.6 Å². The zero-order chi connectivity index (χ0) is 49.6. The Morgan fingerprint density at radius 1 is 0.529 bits per heavy atom. The highest BCUT2D eigenvalue weighted by molar-refractivity contribution is 5.76. The van der Waals surface area contributed by atoms with Gasteiger partial charge in [0.15, 0.2) is 12.6 Å². The predicted molar refractivity (Wildman–Crippen MR) is 267 cm³/mol. The number of allylic oxidation sites excluding steroid dienone is 7. The van der Waals surface area contributed by atoms with Crippen LogP contribution in [0.2, 0.25) is 0 Å². The molecule has 2 rings (SSSR count). The molecular weight excluding hydrogens is 871 g/mol. The van der Waals surface area contributed by atoms with Gasteiger partial charge in [-0.25, -0.2) is 0 Å². The summed E-state index contributed by atoms with van der Waals surface area (Å²) in [5.41, 5.74) is 0. The summed E-state index contributed by atoms with van der Waals surface area (Å²) in [7, 11) is 0. The average molecular weight is 968 g/mol. The third kappa shape index (κ3) is 27.0. The Labute approximate surface area is 410 Å². The fourth-order valence-corrected chi connectivity index (χ4v) is 8.57. The van der Waals surface area contributed by atoms with Crippen molar-refractivity contribution in [2.75, 3.05) is 19.8 Å². The molecule has 0 aromatic carbocycles. The number of aliphatic hydroxyl groups excluding tert-OH is 8. The molecule has 0 bridgehead atoms. The number of ether oxygens (including phenoxy) is 4. The lowest BCUT2D eigenvalue weighted by Gasteiger charge is -2.46. The van der Waals surface area contributed by atoms with E-state index in [0.29, 0.717) is 12.8 Å². The number of carbonyl (C=O) groups is 1. The van der Waals surface area contributed by atoms with Crippen molar-refractivity contribution in [2.24, 2.45) is 0 Å². The first-order valence-corrected chi connectivity index (χ1v) is 26.9. The number of hydrogen-bond donors (Lipinski definition) is 9. The molecule has 2 aliphatic heterocycles. The van der Waals surface area contributed by atoms with Crippen LogP contribution in [0.5, 0.6) is 0 Å². The van der Waals surface area contributed by atoms with Crippen LogP contribution >= 0.6 is 0 Å². The Bertz CT molecular complexity index is 1330. The number of hydrogen-bond acceptors (Lipinski definition) is 13. The molecule has 0 spiro atoms. The standard InChI is InChI=1S/C54H97NO13/c1-3-5-7-9-11-13-15-17-19-21-22-24-26-28-30-32-34-36-38-46(59)55-42(43(58)37-35-33-31-29-27-25-23-20-18-16-14-12-10-8-6-4-2)41-65-53-51(64)49(62)52(45(40-57)67-53)68-54-50(63)48(61)47(60)44(39-56)66-54/h13,15,19,21,27,29,35,37,42-45,47-54,56-58,60-64H,3-12,14,16-18,20,22-26,28,30-34,36,38-41H2,1-2H3,(H,55,59)/b15-13-,21-19-,29-27+,37-35+. The minimum absolute atomic E-state index is 0.259. The summed E-state index contributed by atoms with van der Waals surface area (Å²) in [5.74, 6) is -0.259. The molecule has 12 atom stereocenters. The van der Waals surface area contributed by atoms with Crippen molar-refractivity contribution in [2.45, 2.75) is 267 Å². The fourth-order valence-electron chi connectivity index (χ4n) is 8.57. The molecule has 9 N–H and O–H groups in total. The van der Waals surface area contributed by atoms with E-state index in [0.717, 1.165) is 51.4 Å². The summed E-state index contributed by atoms with van der Waals surface area (Å²) in [4.78, 5) is 13.2. The second-order valence-electron chi connectivity index (χ2n) is 19.0.